The molecular weight excluding hydrogens is 373 g/mol. The van der Waals surface area contributed by atoms with Crippen LogP contribution in [0.1, 0.15) is 16.8 Å². The Labute approximate surface area is 133 Å². The first-order valence-corrected chi connectivity index (χ1v) is 6.51. The number of rotatable bonds is 4. The molecule has 102 valence electrons. The van der Waals surface area contributed by atoms with Crippen LogP contribution in [0.4, 0.5) is 5.82 Å². The Hall–Kier alpha value is -1.22. The highest BCUT2D eigenvalue weighted by atomic mass is 127. The topological polar surface area (TPSA) is 76.2 Å². The predicted molar refractivity (Wildman–Crippen MR) is 90.1 cm³/mol. The molecule has 0 radical (unpaired) electrons. The third-order valence-electron chi connectivity index (χ3n) is 2.26. The number of anilines is 1. The van der Waals surface area contributed by atoms with Gasteiger partial charge in [0, 0.05) is 17.3 Å². The number of nitrogens with one attached hydrogen (secondary N) is 1. The van der Waals surface area contributed by atoms with Gasteiger partial charge in [-0.3, -0.25) is 0 Å². The highest BCUT2D eigenvalue weighted by Gasteiger charge is 2.00. The van der Waals surface area contributed by atoms with Gasteiger partial charge in [-0.25, -0.2) is 15.0 Å². The average molecular weight is 389 g/mol. The second-order valence-electron chi connectivity index (χ2n) is 3.62. The zero-order valence-electron chi connectivity index (χ0n) is 10.5. The smallest absolute Gasteiger partial charge is 0.194 e. The Morgan fingerprint density at radius 3 is 2.89 bits per heavy atom. The molecule has 3 N–H and O–H groups in total. The number of nitrogens with zero attached hydrogens (tertiary/aromatic N) is 3. The van der Waals surface area contributed by atoms with Crippen LogP contribution >= 0.6 is 35.3 Å². The molecule has 0 aliphatic heterocycles. The van der Waals surface area contributed by atoms with Crippen molar-refractivity contribution in [2.45, 2.75) is 19.9 Å². The third-order valence-corrected chi connectivity index (χ3v) is 3.38. The molecule has 0 amide bonds. The van der Waals surface area contributed by atoms with E-state index < -0.39 is 0 Å². The lowest BCUT2D eigenvalue weighted by Gasteiger charge is -2.02. The molecule has 0 spiro atoms. The van der Waals surface area contributed by atoms with Crippen LogP contribution in [0.5, 0.6) is 0 Å². The molecule has 0 aliphatic carbocycles. The number of halogens is 1. The summed E-state index contributed by atoms with van der Waals surface area (Å²) in [5.41, 5.74) is 5.77. The number of thiazole rings is 1. The number of pyridine rings is 1. The van der Waals surface area contributed by atoms with E-state index in [0.29, 0.717) is 18.3 Å². The second kappa shape index (κ2) is 8.05. The van der Waals surface area contributed by atoms with Gasteiger partial charge in [0.05, 0.1) is 6.54 Å². The summed E-state index contributed by atoms with van der Waals surface area (Å²) >= 11 is 1.66. The van der Waals surface area contributed by atoms with Crippen molar-refractivity contribution in [3.05, 3.63) is 40.5 Å². The molecule has 2 rings (SSSR count). The summed E-state index contributed by atoms with van der Waals surface area (Å²) in [6.45, 7) is 2.61. The quantitative estimate of drug-likeness (QED) is 0.479. The SMILES string of the molecule is CCc1cnc(CN=C(N)Nc2ccccn2)s1.I. The zero-order valence-corrected chi connectivity index (χ0v) is 13.7. The molecule has 0 aromatic carbocycles. The Balaban J connectivity index is 0.00000180. The van der Waals surface area contributed by atoms with E-state index in [1.54, 1.807) is 17.5 Å². The van der Waals surface area contributed by atoms with Gasteiger partial charge in [-0.05, 0) is 18.6 Å². The maximum atomic E-state index is 5.77. The van der Waals surface area contributed by atoms with E-state index in [4.69, 9.17) is 5.73 Å². The molecule has 5 nitrogen and oxygen atoms in total. The summed E-state index contributed by atoms with van der Waals surface area (Å²) in [5, 5.41) is 3.90. The summed E-state index contributed by atoms with van der Waals surface area (Å²) in [6.07, 6.45) is 4.59. The first-order valence-electron chi connectivity index (χ1n) is 5.69. The van der Waals surface area contributed by atoms with Gasteiger partial charge in [-0.15, -0.1) is 35.3 Å². The van der Waals surface area contributed by atoms with Gasteiger partial charge in [0.25, 0.3) is 0 Å². The van der Waals surface area contributed by atoms with E-state index in [1.165, 1.54) is 4.88 Å². The predicted octanol–water partition coefficient (Wildman–Crippen LogP) is 2.65. The van der Waals surface area contributed by atoms with Crippen LogP contribution in [0, 0.1) is 0 Å². The van der Waals surface area contributed by atoms with Crippen molar-refractivity contribution in [2.75, 3.05) is 5.32 Å². The summed E-state index contributed by atoms with van der Waals surface area (Å²) in [6, 6.07) is 5.57. The van der Waals surface area contributed by atoms with Crippen LogP contribution < -0.4 is 11.1 Å². The van der Waals surface area contributed by atoms with Gasteiger partial charge in [-0.1, -0.05) is 13.0 Å². The van der Waals surface area contributed by atoms with Crippen molar-refractivity contribution in [1.29, 1.82) is 0 Å². The van der Waals surface area contributed by atoms with Crippen LogP contribution in [-0.4, -0.2) is 15.9 Å². The van der Waals surface area contributed by atoms with E-state index in [1.807, 2.05) is 24.4 Å². The van der Waals surface area contributed by atoms with Crippen molar-refractivity contribution < 1.29 is 0 Å². The van der Waals surface area contributed by atoms with E-state index in [9.17, 15) is 0 Å². The van der Waals surface area contributed by atoms with Gasteiger partial charge >= 0.3 is 0 Å². The van der Waals surface area contributed by atoms with Gasteiger partial charge in [0.1, 0.15) is 10.8 Å². The fraction of sp³-hybridized carbons (Fsp3) is 0.250. The van der Waals surface area contributed by atoms with Crippen LogP contribution in [-0.2, 0) is 13.0 Å². The maximum absolute atomic E-state index is 5.77. The van der Waals surface area contributed by atoms with Crippen LogP contribution in [0.2, 0.25) is 0 Å². The molecule has 0 atom stereocenters. The van der Waals surface area contributed by atoms with Crippen LogP contribution in [0.15, 0.2) is 35.6 Å². The number of hydrogen-bond donors (Lipinski definition) is 2. The lowest BCUT2D eigenvalue weighted by molar-refractivity contribution is 1.03. The number of guanidine groups is 1. The molecule has 0 unspecified atom stereocenters. The third kappa shape index (κ3) is 5.11. The summed E-state index contributed by atoms with van der Waals surface area (Å²) in [7, 11) is 0. The maximum Gasteiger partial charge on any atom is 0.194 e. The van der Waals surface area contributed by atoms with Gasteiger partial charge in [-0.2, -0.15) is 0 Å². The number of aryl methyl sites for hydroxylation is 1. The van der Waals surface area contributed by atoms with Gasteiger partial charge in [0.15, 0.2) is 5.96 Å². The number of nitrogens with two attached hydrogens (primary N) is 1. The fourth-order valence-corrected chi connectivity index (χ4v) is 2.13. The first-order chi connectivity index (χ1) is 8.78. The molecule has 0 aliphatic rings. The second-order valence-corrected chi connectivity index (χ2v) is 4.82. The Morgan fingerprint density at radius 2 is 2.26 bits per heavy atom. The van der Waals surface area contributed by atoms with Crippen LogP contribution in [0.3, 0.4) is 0 Å². The molecular formula is C12H16IN5S. The standard InChI is InChI=1S/C12H15N5S.HI/c1-2-9-7-15-11(18-9)8-16-12(13)17-10-5-3-4-6-14-10;/h3-7H,2,8H2,1H3,(H3,13,14,16,17);1H. The minimum atomic E-state index is 0. The molecule has 19 heavy (non-hydrogen) atoms. The fourth-order valence-electron chi connectivity index (χ4n) is 1.34. The van der Waals surface area contributed by atoms with Gasteiger partial charge < -0.3 is 11.1 Å². The molecule has 7 heteroatoms. The molecule has 2 aromatic heterocycles. The van der Waals surface area contributed by atoms with Crippen molar-refractivity contribution in [3.8, 4) is 0 Å². The highest BCUT2D eigenvalue weighted by molar-refractivity contribution is 14.0. The summed E-state index contributed by atoms with van der Waals surface area (Å²) in [4.78, 5) is 13.9. The Kier molecular flexibility index (Phi) is 6.71. The number of hydrogen-bond acceptors (Lipinski definition) is 4. The van der Waals surface area contributed by atoms with E-state index >= 15 is 0 Å². The average Bonchev–Trinajstić information content (AvgIpc) is 2.85. The molecule has 2 heterocycles. The van der Waals surface area contributed by atoms with Crippen molar-refractivity contribution in [3.63, 3.8) is 0 Å². The number of aliphatic imine (C=N–C) groups is 1. The monoisotopic (exact) mass is 389 g/mol. The van der Waals surface area contributed by atoms with E-state index in [0.717, 1.165) is 11.4 Å². The zero-order chi connectivity index (χ0) is 12.8. The minimum Gasteiger partial charge on any atom is -0.370 e. The van der Waals surface area contributed by atoms with Crippen molar-refractivity contribution in [1.82, 2.24) is 9.97 Å². The Morgan fingerprint density at radius 1 is 1.42 bits per heavy atom. The minimum absolute atomic E-state index is 0. The molecule has 2 aromatic rings. The summed E-state index contributed by atoms with van der Waals surface area (Å²) < 4.78 is 0. The van der Waals surface area contributed by atoms with Crippen LogP contribution in [0.25, 0.3) is 0 Å². The lowest BCUT2D eigenvalue weighted by atomic mass is 10.4. The summed E-state index contributed by atoms with van der Waals surface area (Å²) in [5.74, 6) is 1.04. The first kappa shape index (κ1) is 15.8. The Bertz CT molecular complexity index is 526. The van der Waals surface area contributed by atoms with Gasteiger partial charge in [0.2, 0.25) is 0 Å². The molecule has 0 saturated heterocycles. The largest absolute Gasteiger partial charge is 0.370 e. The lowest BCUT2D eigenvalue weighted by Crippen LogP contribution is -2.23. The number of aromatic nitrogens is 2. The molecule has 0 bridgehead atoms. The molecule has 0 saturated carbocycles. The van der Waals surface area contributed by atoms with E-state index in [-0.39, 0.29) is 24.0 Å². The van der Waals surface area contributed by atoms with Crippen molar-refractivity contribution >= 4 is 47.1 Å². The molecule has 0 fully saturated rings. The normalized spacial score (nSPS) is 10.9. The highest BCUT2D eigenvalue weighted by Crippen LogP contribution is 2.14. The van der Waals surface area contributed by atoms with Crippen molar-refractivity contribution in [2.24, 2.45) is 10.7 Å². The van der Waals surface area contributed by atoms with E-state index in [2.05, 4.69) is 27.2 Å².